The summed E-state index contributed by atoms with van der Waals surface area (Å²) in [6.07, 6.45) is 5.05. The summed E-state index contributed by atoms with van der Waals surface area (Å²) in [6, 6.07) is 1.54. The minimum Gasteiger partial charge on any atom is -0.318 e. The van der Waals surface area contributed by atoms with E-state index in [2.05, 4.69) is 4.98 Å². The van der Waals surface area contributed by atoms with E-state index in [1.165, 1.54) is 10.5 Å². The molecule has 0 atom stereocenters. The molecule has 12 heavy (non-hydrogen) atoms. The Labute approximate surface area is 69.1 Å². The maximum Gasteiger partial charge on any atom is 0.258 e. The van der Waals surface area contributed by atoms with Crippen LogP contribution in [0, 0.1) is 0 Å². The van der Waals surface area contributed by atoms with Crippen LogP contribution in [-0.4, -0.2) is 14.0 Å². The molecule has 2 rings (SSSR count). The van der Waals surface area contributed by atoms with E-state index in [-0.39, 0.29) is 5.56 Å². The van der Waals surface area contributed by atoms with Crippen LogP contribution in [0.3, 0.4) is 0 Å². The van der Waals surface area contributed by atoms with Gasteiger partial charge in [-0.2, -0.15) is 0 Å². The van der Waals surface area contributed by atoms with Gasteiger partial charge >= 0.3 is 0 Å². The minimum atomic E-state index is -0.0350. The third kappa shape index (κ3) is 0.845. The van der Waals surface area contributed by atoms with E-state index < -0.39 is 0 Å². The van der Waals surface area contributed by atoms with Crippen molar-refractivity contribution in [2.45, 2.75) is 13.5 Å². The van der Waals surface area contributed by atoms with E-state index >= 15 is 0 Å². The van der Waals surface area contributed by atoms with Gasteiger partial charge in [0.2, 0.25) is 5.78 Å². The average Bonchev–Trinajstić information content (AvgIpc) is 2.54. The number of aryl methyl sites for hydroxylation is 1. The number of nitrogens with zero attached hydrogens (tertiary/aromatic N) is 3. The number of aromatic nitrogens is 3. The third-order valence-corrected chi connectivity index (χ3v) is 1.85. The second-order valence-corrected chi connectivity index (χ2v) is 2.54. The Balaban J connectivity index is 2.92. The molecule has 0 aromatic carbocycles. The average molecular weight is 163 g/mol. The van der Waals surface area contributed by atoms with E-state index in [4.69, 9.17) is 0 Å². The van der Waals surface area contributed by atoms with Gasteiger partial charge in [0.15, 0.2) is 0 Å². The van der Waals surface area contributed by atoms with Crippen LogP contribution in [0.4, 0.5) is 0 Å². The predicted octanol–water partition coefficient (Wildman–Crippen LogP) is 0.516. The summed E-state index contributed by atoms with van der Waals surface area (Å²) in [7, 11) is 0. The Bertz CT molecular complexity index is 455. The van der Waals surface area contributed by atoms with E-state index in [0.717, 1.165) is 6.54 Å². The van der Waals surface area contributed by atoms with Crippen LogP contribution in [0.5, 0.6) is 0 Å². The molecule has 2 heterocycles. The molecule has 0 fully saturated rings. The van der Waals surface area contributed by atoms with Gasteiger partial charge in [-0.3, -0.25) is 9.20 Å². The zero-order valence-corrected chi connectivity index (χ0v) is 6.77. The molecular weight excluding hydrogens is 154 g/mol. The van der Waals surface area contributed by atoms with Gasteiger partial charge in [0.25, 0.3) is 5.56 Å². The minimum absolute atomic E-state index is 0.0350. The van der Waals surface area contributed by atoms with Crippen LogP contribution in [-0.2, 0) is 6.54 Å². The highest BCUT2D eigenvalue weighted by Crippen LogP contribution is 1.95. The summed E-state index contributed by atoms with van der Waals surface area (Å²) in [6.45, 7) is 2.83. The zero-order valence-electron chi connectivity index (χ0n) is 6.77. The van der Waals surface area contributed by atoms with Crippen molar-refractivity contribution in [2.24, 2.45) is 0 Å². The number of hydrogen-bond acceptors (Lipinski definition) is 2. The first-order valence-electron chi connectivity index (χ1n) is 3.85. The Morgan fingerprint density at radius 2 is 2.33 bits per heavy atom. The molecule has 62 valence electrons. The molecule has 0 N–H and O–H groups in total. The van der Waals surface area contributed by atoms with Gasteiger partial charge in [0, 0.05) is 31.2 Å². The van der Waals surface area contributed by atoms with E-state index in [0.29, 0.717) is 5.78 Å². The van der Waals surface area contributed by atoms with Gasteiger partial charge in [0.05, 0.1) is 0 Å². The van der Waals surface area contributed by atoms with Gasteiger partial charge in [-0.05, 0) is 6.92 Å². The maximum atomic E-state index is 11.2. The van der Waals surface area contributed by atoms with Crippen molar-refractivity contribution in [1.82, 2.24) is 14.0 Å². The molecule has 0 amide bonds. The topological polar surface area (TPSA) is 39.3 Å². The Hall–Kier alpha value is -1.58. The van der Waals surface area contributed by atoms with Crippen molar-refractivity contribution in [2.75, 3.05) is 0 Å². The second kappa shape index (κ2) is 2.48. The number of rotatable bonds is 1. The lowest BCUT2D eigenvalue weighted by Crippen LogP contribution is -2.14. The quantitative estimate of drug-likeness (QED) is 0.614. The number of imidazole rings is 1. The van der Waals surface area contributed by atoms with Crippen LogP contribution < -0.4 is 5.56 Å². The molecule has 0 aliphatic heterocycles. The fourth-order valence-electron chi connectivity index (χ4n) is 1.23. The second-order valence-electron chi connectivity index (χ2n) is 2.54. The van der Waals surface area contributed by atoms with Crippen molar-refractivity contribution < 1.29 is 0 Å². The molecule has 0 saturated heterocycles. The van der Waals surface area contributed by atoms with Gasteiger partial charge in [-0.15, -0.1) is 0 Å². The largest absolute Gasteiger partial charge is 0.318 e. The van der Waals surface area contributed by atoms with Crippen LogP contribution in [0.2, 0.25) is 0 Å². The fourth-order valence-corrected chi connectivity index (χ4v) is 1.23. The van der Waals surface area contributed by atoms with Crippen molar-refractivity contribution in [3.63, 3.8) is 0 Å². The Morgan fingerprint density at radius 1 is 1.50 bits per heavy atom. The van der Waals surface area contributed by atoms with Gasteiger partial charge < -0.3 is 4.57 Å². The summed E-state index contributed by atoms with van der Waals surface area (Å²) < 4.78 is 3.45. The highest BCUT2D eigenvalue weighted by atomic mass is 16.1. The van der Waals surface area contributed by atoms with Crippen LogP contribution in [0.1, 0.15) is 6.92 Å². The third-order valence-electron chi connectivity index (χ3n) is 1.85. The first kappa shape index (κ1) is 7.09. The lowest BCUT2D eigenvalue weighted by molar-refractivity contribution is 0.748. The first-order chi connectivity index (χ1) is 5.83. The molecule has 0 bridgehead atoms. The Kier molecular flexibility index (Phi) is 1.46. The van der Waals surface area contributed by atoms with E-state index in [1.54, 1.807) is 18.6 Å². The summed E-state index contributed by atoms with van der Waals surface area (Å²) in [5.41, 5.74) is -0.0350. The predicted molar refractivity (Wildman–Crippen MR) is 45.1 cm³/mol. The lowest BCUT2D eigenvalue weighted by Gasteiger charge is -2.02. The molecular formula is C8H9N3O. The number of fused-ring (bicyclic) bond motifs is 1. The lowest BCUT2D eigenvalue weighted by atomic mass is 10.6. The molecule has 4 heteroatoms. The maximum absolute atomic E-state index is 11.2. The van der Waals surface area contributed by atoms with Crippen molar-refractivity contribution in [3.8, 4) is 0 Å². The highest BCUT2D eigenvalue weighted by Gasteiger charge is 1.99. The molecule has 2 aromatic rings. The molecule has 2 aromatic heterocycles. The van der Waals surface area contributed by atoms with E-state index in [1.807, 2.05) is 11.5 Å². The molecule has 0 aliphatic rings. The summed E-state index contributed by atoms with van der Waals surface area (Å²) in [5.74, 6) is 0.699. The van der Waals surface area contributed by atoms with Crippen molar-refractivity contribution in [1.29, 1.82) is 0 Å². The van der Waals surface area contributed by atoms with Crippen molar-refractivity contribution >= 4 is 5.78 Å². The normalized spacial score (nSPS) is 10.8. The summed E-state index contributed by atoms with van der Waals surface area (Å²) in [5, 5.41) is 0. The molecule has 0 saturated carbocycles. The van der Waals surface area contributed by atoms with Gasteiger partial charge in [-0.1, -0.05) is 0 Å². The molecule has 4 nitrogen and oxygen atoms in total. The summed E-state index contributed by atoms with van der Waals surface area (Å²) >= 11 is 0. The van der Waals surface area contributed by atoms with Gasteiger partial charge in [0.1, 0.15) is 0 Å². The molecule has 0 spiro atoms. The number of hydrogen-bond donors (Lipinski definition) is 0. The smallest absolute Gasteiger partial charge is 0.258 e. The van der Waals surface area contributed by atoms with Crippen LogP contribution in [0.15, 0.2) is 29.5 Å². The monoisotopic (exact) mass is 163 g/mol. The van der Waals surface area contributed by atoms with Crippen LogP contribution >= 0.6 is 0 Å². The molecule has 0 radical (unpaired) electrons. The summed E-state index contributed by atoms with van der Waals surface area (Å²) in [4.78, 5) is 15.3. The van der Waals surface area contributed by atoms with E-state index in [9.17, 15) is 4.79 Å². The highest BCUT2D eigenvalue weighted by molar-refractivity contribution is 5.28. The van der Waals surface area contributed by atoms with Crippen molar-refractivity contribution in [3.05, 3.63) is 35.0 Å². The van der Waals surface area contributed by atoms with Crippen LogP contribution in [0.25, 0.3) is 5.78 Å². The SMILES string of the molecule is CCn1ccc(=O)n2ccnc12. The zero-order chi connectivity index (χ0) is 8.55. The fraction of sp³-hybridized carbons (Fsp3) is 0.250. The van der Waals surface area contributed by atoms with Gasteiger partial charge in [-0.25, -0.2) is 4.98 Å². The molecule has 0 aliphatic carbocycles. The molecule has 0 unspecified atom stereocenters. The first-order valence-corrected chi connectivity index (χ1v) is 3.85. The Morgan fingerprint density at radius 3 is 3.08 bits per heavy atom. The standard InChI is InChI=1S/C8H9N3O/c1-2-10-5-3-7(12)11-6-4-9-8(10)11/h3-6H,2H2,1H3.